The van der Waals surface area contributed by atoms with E-state index in [1.54, 1.807) is 18.6 Å². The Morgan fingerprint density at radius 2 is 2.17 bits per heavy atom. The summed E-state index contributed by atoms with van der Waals surface area (Å²) in [5, 5.41) is 10.3. The molecule has 1 aliphatic heterocycles. The summed E-state index contributed by atoms with van der Waals surface area (Å²) in [6.07, 6.45) is 4.96. The van der Waals surface area contributed by atoms with Gasteiger partial charge in [0.2, 0.25) is 0 Å². The van der Waals surface area contributed by atoms with Crippen LogP contribution in [0.1, 0.15) is 17.4 Å². The Morgan fingerprint density at radius 3 is 3.00 bits per heavy atom. The Hall–Kier alpha value is -1.94. The summed E-state index contributed by atoms with van der Waals surface area (Å²) in [4.78, 5) is 8.12. The smallest absolute Gasteiger partial charge is 0.122 e. The first kappa shape index (κ1) is 11.2. The molecule has 0 saturated heterocycles. The molecular formula is C14H14N2O2. The number of nitrogens with zero attached hydrogens (tertiary/aromatic N) is 2. The van der Waals surface area contributed by atoms with Crippen molar-refractivity contribution in [1.82, 2.24) is 9.97 Å². The molecule has 0 fully saturated rings. The lowest BCUT2D eigenvalue weighted by molar-refractivity contribution is 0.0611. The highest BCUT2D eigenvalue weighted by Crippen LogP contribution is 2.32. The van der Waals surface area contributed by atoms with Gasteiger partial charge in [0.15, 0.2) is 0 Å². The fraction of sp³-hybridized carbons (Fsp3) is 0.286. The molecule has 0 amide bonds. The zero-order valence-electron chi connectivity index (χ0n) is 9.86. The molecule has 0 aliphatic carbocycles. The van der Waals surface area contributed by atoms with Crippen molar-refractivity contribution in [3.63, 3.8) is 0 Å². The number of para-hydroxylation sites is 1. The molecule has 1 aliphatic rings. The highest BCUT2D eigenvalue weighted by atomic mass is 16.5. The van der Waals surface area contributed by atoms with Gasteiger partial charge in [-0.2, -0.15) is 0 Å². The van der Waals surface area contributed by atoms with E-state index in [0.717, 1.165) is 17.7 Å². The van der Waals surface area contributed by atoms with Gasteiger partial charge in [-0.05, 0) is 18.1 Å². The van der Waals surface area contributed by atoms with Crippen LogP contribution in [0.2, 0.25) is 0 Å². The maximum Gasteiger partial charge on any atom is 0.122 e. The first-order chi connectivity index (χ1) is 8.84. The molecule has 0 spiro atoms. The molecule has 2 heterocycles. The third-order valence-electron chi connectivity index (χ3n) is 3.24. The second-order valence-electron chi connectivity index (χ2n) is 4.46. The van der Waals surface area contributed by atoms with Gasteiger partial charge in [0.1, 0.15) is 11.9 Å². The van der Waals surface area contributed by atoms with Crippen molar-refractivity contribution in [2.45, 2.75) is 12.5 Å². The van der Waals surface area contributed by atoms with Crippen LogP contribution in [0, 0.1) is 5.92 Å². The molecule has 4 nitrogen and oxygen atoms in total. The molecule has 1 aromatic heterocycles. The van der Waals surface area contributed by atoms with Gasteiger partial charge in [-0.25, -0.2) is 0 Å². The van der Waals surface area contributed by atoms with Crippen molar-refractivity contribution in [3.05, 3.63) is 54.1 Å². The summed E-state index contributed by atoms with van der Waals surface area (Å²) in [5.41, 5.74) is 1.74. The van der Waals surface area contributed by atoms with Gasteiger partial charge in [-0.3, -0.25) is 9.97 Å². The normalized spacial score (nSPS) is 19.7. The van der Waals surface area contributed by atoms with E-state index in [0.29, 0.717) is 12.3 Å². The topological polar surface area (TPSA) is 55.2 Å². The van der Waals surface area contributed by atoms with E-state index >= 15 is 0 Å². The molecule has 1 N–H and O–H groups in total. The molecule has 2 atom stereocenters. The Balaban J connectivity index is 1.80. The van der Waals surface area contributed by atoms with Crippen molar-refractivity contribution in [1.29, 1.82) is 0 Å². The molecule has 92 valence electrons. The fourth-order valence-electron chi connectivity index (χ4n) is 2.26. The van der Waals surface area contributed by atoms with Gasteiger partial charge in [-0.15, -0.1) is 0 Å². The molecule has 4 heteroatoms. The zero-order valence-corrected chi connectivity index (χ0v) is 9.86. The average molecular weight is 242 g/mol. The van der Waals surface area contributed by atoms with E-state index in [2.05, 4.69) is 9.97 Å². The number of aliphatic hydroxyl groups excluding tert-OH is 1. The van der Waals surface area contributed by atoms with Gasteiger partial charge < -0.3 is 9.84 Å². The highest BCUT2D eigenvalue weighted by molar-refractivity contribution is 5.35. The van der Waals surface area contributed by atoms with E-state index in [-0.39, 0.29) is 5.92 Å². The lowest BCUT2D eigenvalue weighted by Crippen LogP contribution is -2.27. The fourth-order valence-corrected chi connectivity index (χ4v) is 2.26. The van der Waals surface area contributed by atoms with Gasteiger partial charge in [0.05, 0.1) is 18.5 Å². The minimum Gasteiger partial charge on any atom is -0.493 e. The number of hydrogen-bond acceptors (Lipinski definition) is 4. The number of fused-ring (bicyclic) bond motifs is 1. The lowest BCUT2D eigenvalue weighted by Gasteiger charge is -2.28. The summed E-state index contributed by atoms with van der Waals surface area (Å²) < 4.78 is 5.67. The maximum absolute atomic E-state index is 10.3. The predicted molar refractivity (Wildman–Crippen MR) is 66.1 cm³/mol. The quantitative estimate of drug-likeness (QED) is 0.871. The van der Waals surface area contributed by atoms with Gasteiger partial charge in [-0.1, -0.05) is 18.2 Å². The number of hydrogen-bond donors (Lipinski definition) is 1. The van der Waals surface area contributed by atoms with Gasteiger partial charge >= 0.3 is 0 Å². The first-order valence-electron chi connectivity index (χ1n) is 5.99. The average Bonchev–Trinajstić information content (AvgIpc) is 2.47. The zero-order chi connectivity index (χ0) is 12.4. The maximum atomic E-state index is 10.3. The van der Waals surface area contributed by atoms with Crippen LogP contribution in [0.4, 0.5) is 0 Å². The van der Waals surface area contributed by atoms with Crippen molar-refractivity contribution < 1.29 is 9.84 Å². The summed E-state index contributed by atoms with van der Waals surface area (Å²) in [7, 11) is 0. The third kappa shape index (κ3) is 2.07. The van der Waals surface area contributed by atoms with Gasteiger partial charge in [0, 0.05) is 18.3 Å². The summed E-state index contributed by atoms with van der Waals surface area (Å²) in [6, 6.07) is 7.93. The SMILES string of the molecule is OC(c1cnccn1)C1COc2ccccc2C1. The molecule has 0 saturated carbocycles. The number of aromatic nitrogens is 2. The molecular weight excluding hydrogens is 228 g/mol. The lowest BCUT2D eigenvalue weighted by atomic mass is 9.91. The van der Waals surface area contributed by atoms with Crippen LogP contribution in [0.5, 0.6) is 5.75 Å². The van der Waals surface area contributed by atoms with Crippen LogP contribution in [0.15, 0.2) is 42.9 Å². The third-order valence-corrected chi connectivity index (χ3v) is 3.24. The minimum atomic E-state index is -0.632. The highest BCUT2D eigenvalue weighted by Gasteiger charge is 2.27. The molecule has 3 rings (SSSR count). The largest absolute Gasteiger partial charge is 0.493 e. The van der Waals surface area contributed by atoms with E-state index < -0.39 is 6.10 Å². The Bertz CT molecular complexity index is 530. The van der Waals surface area contributed by atoms with Crippen LogP contribution >= 0.6 is 0 Å². The predicted octanol–water partition coefficient (Wildman–Crippen LogP) is 1.76. The second-order valence-corrected chi connectivity index (χ2v) is 4.46. The Kier molecular flexibility index (Phi) is 2.94. The Labute approximate surface area is 105 Å². The minimum absolute atomic E-state index is 0.0246. The van der Waals surface area contributed by atoms with E-state index in [1.807, 2.05) is 24.3 Å². The molecule has 18 heavy (non-hydrogen) atoms. The van der Waals surface area contributed by atoms with Crippen LogP contribution in [-0.4, -0.2) is 21.7 Å². The Morgan fingerprint density at radius 1 is 1.28 bits per heavy atom. The first-order valence-corrected chi connectivity index (χ1v) is 5.99. The van der Waals surface area contributed by atoms with Crippen molar-refractivity contribution in [2.24, 2.45) is 5.92 Å². The van der Waals surface area contributed by atoms with Crippen LogP contribution < -0.4 is 4.74 Å². The molecule has 2 unspecified atom stereocenters. The number of rotatable bonds is 2. The monoisotopic (exact) mass is 242 g/mol. The van der Waals surface area contributed by atoms with Crippen molar-refractivity contribution >= 4 is 0 Å². The summed E-state index contributed by atoms with van der Waals surface area (Å²) in [5.74, 6) is 0.941. The molecule has 1 aromatic carbocycles. The second kappa shape index (κ2) is 4.74. The van der Waals surface area contributed by atoms with E-state index in [4.69, 9.17) is 4.74 Å². The van der Waals surface area contributed by atoms with E-state index in [1.165, 1.54) is 0 Å². The molecule has 0 radical (unpaired) electrons. The summed E-state index contributed by atoms with van der Waals surface area (Å²) in [6.45, 7) is 0.509. The molecule has 0 bridgehead atoms. The standard InChI is InChI=1S/C14H14N2O2/c17-14(12-8-15-5-6-16-12)11-7-10-3-1-2-4-13(10)18-9-11/h1-6,8,11,14,17H,7,9H2. The van der Waals surface area contributed by atoms with E-state index in [9.17, 15) is 5.11 Å². The van der Waals surface area contributed by atoms with Crippen molar-refractivity contribution in [2.75, 3.05) is 6.61 Å². The number of ether oxygens (including phenoxy) is 1. The van der Waals surface area contributed by atoms with Crippen LogP contribution in [-0.2, 0) is 6.42 Å². The molecule has 2 aromatic rings. The summed E-state index contributed by atoms with van der Waals surface area (Å²) >= 11 is 0. The van der Waals surface area contributed by atoms with Crippen LogP contribution in [0.3, 0.4) is 0 Å². The van der Waals surface area contributed by atoms with Gasteiger partial charge in [0.25, 0.3) is 0 Å². The number of benzene rings is 1. The van der Waals surface area contributed by atoms with Crippen molar-refractivity contribution in [3.8, 4) is 5.75 Å². The van der Waals surface area contributed by atoms with Crippen LogP contribution in [0.25, 0.3) is 0 Å². The number of aliphatic hydroxyl groups is 1.